The molecule has 8 nitrogen and oxygen atoms in total. The minimum atomic E-state index is -3.55. The highest BCUT2D eigenvalue weighted by Gasteiger charge is 2.32. The van der Waals surface area contributed by atoms with Gasteiger partial charge in [-0.2, -0.15) is 9.40 Å². The summed E-state index contributed by atoms with van der Waals surface area (Å²) in [5.41, 5.74) is 1.77. The number of carbonyl (C=O) groups is 1. The zero-order chi connectivity index (χ0) is 21.2. The van der Waals surface area contributed by atoms with E-state index in [2.05, 4.69) is 15.5 Å². The molecule has 1 aliphatic heterocycles. The molecular formula is C19H27N5O3S2. The number of amides is 1. The molecule has 0 unspecified atom stereocenters. The fraction of sp³-hybridized carbons (Fsp3) is 0.526. The Morgan fingerprint density at radius 2 is 2.00 bits per heavy atom. The molecule has 1 aliphatic rings. The summed E-state index contributed by atoms with van der Waals surface area (Å²) in [5, 5.41) is 9.77. The summed E-state index contributed by atoms with van der Waals surface area (Å²) in [5.74, 6) is 0.392. The molecule has 10 heteroatoms. The monoisotopic (exact) mass is 437 g/mol. The Morgan fingerprint density at radius 1 is 1.31 bits per heavy atom. The molecule has 0 saturated carbocycles. The van der Waals surface area contributed by atoms with Crippen LogP contribution >= 0.6 is 12.2 Å². The van der Waals surface area contributed by atoms with Crippen LogP contribution in [-0.4, -0.2) is 46.5 Å². The maximum Gasteiger partial charge on any atom is 0.243 e. The number of aromatic amines is 1. The van der Waals surface area contributed by atoms with Crippen LogP contribution in [0.5, 0.6) is 0 Å². The third-order valence-corrected chi connectivity index (χ3v) is 7.72. The standard InChI is InChI=1S/C19H27N5O3S2/c1-4-24-17(21-22-19(24)28)12-20-18(25)15-7-9-23(10-8-15)29(26,27)16-6-5-13(2)11-14(16)3/h5-6,11,15H,4,7-10,12H2,1-3H3,(H,20,25)(H,22,28). The number of nitrogens with one attached hydrogen (secondary N) is 2. The largest absolute Gasteiger partial charge is 0.349 e. The molecule has 1 aromatic heterocycles. The number of benzene rings is 1. The molecule has 0 bridgehead atoms. The van der Waals surface area contributed by atoms with Gasteiger partial charge in [0.25, 0.3) is 0 Å². The van der Waals surface area contributed by atoms with Crippen LogP contribution in [0, 0.1) is 24.5 Å². The number of aromatic nitrogens is 3. The fourth-order valence-electron chi connectivity index (χ4n) is 3.71. The lowest BCUT2D eigenvalue weighted by Gasteiger charge is -2.31. The SMILES string of the molecule is CCn1c(CNC(=O)C2CCN(S(=O)(=O)c3ccc(C)cc3C)CC2)n[nH]c1=S. The second-order valence-electron chi connectivity index (χ2n) is 7.35. The van der Waals surface area contributed by atoms with Crippen molar-refractivity contribution >= 4 is 28.1 Å². The van der Waals surface area contributed by atoms with Crippen LogP contribution in [0.2, 0.25) is 0 Å². The van der Waals surface area contributed by atoms with Crippen LogP contribution in [0.25, 0.3) is 0 Å². The fourth-order valence-corrected chi connectivity index (χ4v) is 5.66. The molecule has 0 aliphatic carbocycles. The lowest BCUT2D eigenvalue weighted by molar-refractivity contribution is -0.126. The molecule has 0 atom stereocenters. The maximum atomic E-state index is 13.0. The minimum absolute atomic E-state index is 0.0786. The van der Waals surface area contributed by atoms with Crippen LogP contribution in [0.3, 0.4) is 0 Å². The van der Waals surface area contributed by atoms with Gasteiger partial charge in [-0.3, -0.25) is 9.89 Å². The molecule has 1 saturated heterocycles. The summed E-state index contributed by atoms with van der Waals surface area (Å²) in [7, 11) is -3.55. The Bertz CT molecular complexity index is 1050. The first-order valence-electron chi connectivity index (χ1n) is 9.73. The van der Waals surface area contributed by atoms with E-state index in [1.807, 2.05) is 37.5 Å². The van der Waals surface area contributed by atoms with Gasteiger partial charge in [0.1, 0.15) is 0 Å². The smallest absolute Gasteiger partial charge is 0.243 e. The third-order valence-electron chi connectivity index (χ3n) is 5.35. The van der Waals surface area contributed by atoms with Crippen molar-refractivity contribution in [3.8, 4) is 0 Å². The number of rotatable bonds is 6. The van der Waals surface area contributed by atoms with E-state index in [1.165, 1.54) is 4.31 Å². The number of carbonyl (C=O) groups excluding carboxylic acids is 1. The molecule has 0 radical (unpaired) electrons. The molecule has 3 rings (SSSR count). The van der Waals surface area contributed by atoms with Crippen LogP contribution in [0.1, 0.15) is 36.7 Å². The second kappa shape index (κ2) is 8.76. The van der Waals surface area contributed by atoms with Gasteiger partial charge < -0.3 is 9.88 Å². The molecular weight excluding hydrogens is 410 g/mol. The van der Waals surface area contributed by atoms with Gasteiger partial charge in [-0.1, -0.05) is 17.7 Å². The highest BCUT2D eigenvalue weighted by Crippen LogP contribution is 2.26. The maximum absolute atomic E-state index is 13.0. The Hall–Kier alpha value is -2.04. The first-order valence-corrected chi connectivity index (χ1v) is 11.6. The van der Waals surface area contributed by atoms with Crippen molar-refractivity contribution in [2.24, 2.45) is 5.92 Å². The molecule has 158 valence electrons. The Balaban J connectivity index is 1.59. The predicted octanol–water partition coefficient (Wildman–Crippen LogP) is 2.29. The minimum Gasteiger partial charge on any atom is -0.349 e. The zero-order valence-electron chi connectivity index (χ0n) is 16.9. The molecule has 1 fully saturated rings. The average molecular weight is 438 g/mol. The van der Waals surface area contributed by atoms with E-state index in [9.17, 15) is 13.2 Å². The number of hydrogen-bond acceptors (Lipinski definition) is 5. The van der Waals surface area contributed by atoms with E-state index in [1.54, 1.807) is 6.07 Å². The van der Waals surface area contributed by atoms with Gasteiger partial charge in [0.15, 0.2) is 10.6 Å². The topological polar surface area (TPSA) is 100 Å². The normalized spacial score (nSPS) is 16.1. The summed E-state index contributed by atoms with van der Waals surface area (Å²) in [6, 6.07) is 5.35. The first-order chi connectivity index (χ1) is 13.7. The van der Waals surface area contributed by atoms with Crippen molar-refractivity contribution in [2.45, 2.75) is 51.6 Å². The number of aryl methyl sites for hydroxylation is 2. The van der Waals surface area contributed by atoms with Crippen LogP contribution < -0.4 is 5.32 Å². The van der Waals surface area contributed by atoms with E-state index in [4.69, 9.17) is 12.2 Å². The van der Waals surface area contributed by atoms with Gasteiger partial charge in [-0.05, 0) is 57.5 Å². The molecule has 1 aromatic carbocycles. The third kappa shape index (κ3) is 4.59. The Morgan fingerprint density at radius 3 is 2.62 bits per heavy atom. The lowest BCUT2D eigenvalue weighted by atomic mass is 9.97. The molecule has 0 spiro atoms. The van der Waals surface area contributed by atoms with Gasteiger partial charge in [-0.25, -0.2) is 8.42 Å². The van der Waals surface area contributed by atoms with Crippen LogP contribution in [-0.2, 0) is 27.9 Å². The molecule has 2 aromatic rings. The van der Waals surface area contributed by atoms with Crippen molar-refractivity contribution in [2.75, 3.05) is 13.1 Å². The highest BCUT2D eigenvalue weighted by atomic mass is 32.2. The Kier molecular flexibility index (Phi) is 6.55. The molecule has 1 amide bonds. The van der Waals surface area contributed by atoms with Gasteiger partial charge in [0.05, 0.1) is 11.4 Å². The average Bonchev–Trinajstić information content (AvgIpc) is 3.05. The number of H-pyrrole nitrogens is 1. The van der Waals surface area contributed by atoms with Crippen molar-refractivity contribution in [1.82, 2.24) is 24.4 Å². The molecule has 2 N–H and O–H groups in total. The van der Waals surface area contributed by atoms with Gasteiger partial charge in [-0.15, -0.1) is 0 Å². The Labute approximate surface area is 176 Å². The van der Waals surface area contributed by atoms with E-state index >= 15 is 0 Å². The van der Waals surface area contributed by atoms with Crippen molar-refractivity contribution in [3.63, 3.8) is 0 Å². The summed E-state index contributed by atoms with van der Waals surface area (Å²) in [6.45, 7) is 7.35. The van der Waals surface area contributed by atoms with Crippen molar-refractivity contribution < 1.29 is 13.2 Å². The molecule has 2 heterocycles. The first kappa shape index (κ1) is 21.7. The van der Waals surface area contributed by atoms with Crippen LogP contribution in [0.4, 0.5) is 0 Å². The predicted molar refractivity (Wildman–Crippen MR) is 112 cm³/mol. The van der Waals surface area contributed by atoms with Gasteiger partial charge in [0.2, 0.25) is 15.9 Å². The zero-order valence-corrected chi connectivity index (χ0v) is 18.6. The lowest BCUT2D eigenvalue weighted by Crippen LogP contribution is -2.43. The number of sulfonamides is 1. The van der Waals surface area contributed by atoms with E-state index in [0.29, 0.717) is 54.5 Å². The number of piperidine rings is 1. The summed E-state index contributed by atoms with van der Waals surface area (Å²) in [4.78, 5) is 12.9. The van der Waals surface area contributed by atoms with E-state index < -0.39 is 10.0 Å². The van der Waals surface area contributed by atoms with Gasteiger partial charge in [0, 0.05) is 25.6 Å². The second-order valence-corrected chi connectivity index (χ2v) is 9.65. The summed E-state index contributed by atoms with van der Waals surface area (Å²) >= 11 is 5.15. The number of hydrogen-bond donors (Lipinski definition) is 2. The van der Waals surface area contributed by atoms with E-state index in [0.717, 1.165) is 11.1 Å². The summed E-state index contributed by atoms with van der Waals surface area (Å²) in [6.07, 6.45) is 0.993. The van der Waals surface area contributed by atoms with E-state index in [-0.39, 0.29) is 11.8 Å². The van der Waals surface area contributed by atoms with Crippen LogP contribution in [0.15, 0.2) is 23.1 Å². The number of nitrogens with zero attached hydrogens (tertiary/aromatic N) is 3. The quantitative estimate of drug-likeness (QED) is 0.676. The highest BCUT2D eigenvalue weighted by molar-refractivity contribution is 7.89. The summed E-state index contributed by atoms with van der Waals surface area (Å²) < 4.78 is 29.8. The van der Waals surface area contributed by atoms with Crippen molar-refractivity contribution in [3.05, 3.63) is 39.9 Å². The van der Waals surface area contributed by atoms with Gasteiger partial charge >= 0.3 is 0 Å². The van der Waals surface area contributed by atoms with Crippen molar-refractivity contribution in [1.29, 1.82) is 0 Å². The molecule has 29 heavy (non-hydrogen) atoms.